The lowest BCUT2D eigenvalue weighted by Gasteiger charge is -2.11. The lowest BCUT2D eigenvalue weighted by Crippen LogP contribution is -2.33. The molecule has 0 radical (unpaired) electrons. The minimum Gasteiger partial charge on any atom is -0.350 e. The average Bonchev–Trinajstić information content (AvgIpc) is 2.17. The van der Waals surface area contributed by atoms with Gasteiger partial charge in [-0.3, -0.25) is 9.69 Å². The first-order chi connectivity index (χ1) is 5.04. The van der Waals surface area contributed by atoms with Crippen molar-refractivity contribution in [1.29, 1.82) is 0 Å². The van der Waals surface area contributed by atoms with Crippen LogP contribution in [0.25, 0.3) is 0 Å². The monoisotopic (exact) mass is 172 g/mol. The summed E-state index contributed by atoms with van der Waals surface area (Å²) in [5.41, 5.74) is 0. The van der Waals surface area contributed by atoms with Gasteiger partial charge in [-0.05, 0) is 18.1 Å². The Bertz CT molecular complexity index is 203. The van der Waals surface area contributed by atoms with Crippen molar-refractivity contribution < 1.29 is 4.79 Å². The normalized spacial score (nSPS) is 24.7. The molecule has 1 rings (SSSR count). The number of nitrogens with zero attached hydrogens (tertiary/aromatic N) is 1. The summed E-state index contributed by atoms with van der Waals surface area (Å²) in [4.78, 5) is 12.8. The molecule has 1 aliphatic rings. The highest BCUT2D eigenvalue weighted by Gasteiger charge is 2.34. The van der Waals surface area contributed by atoms with Crippen LogP contribution in [0.15, 0.2) is 0 Å². The largest absolute Gasteiger partial charge is 0.350 e. The topological polar surface area (TPSA) is 32.3 Å². The third kappa shape index (κ3) is 1.35. The second-order valence-electron chi connectivity index (χ2n) is 3.07. The van der Waals surface area contributed by atoms with E-state index >= 15 is 0 Å². The number of hydrogen-bond donors (Lipinski definition) is 1. The molecule has 11 heavy (non-hydrogen) atoms. The predicted octanol–water partition coefficient (Wildman–Crippen LogP) is 0.357. The Labute approximate surface area is 71.8 Å². The van der Waals surface area contributed by atoms with E-state index in [1.807, 2.05) is 13.8 Å². The molecular weight excluding hydrogens is 160 g/mol. The van der Waals surface area contributed by atoms with Crippen molar-refractivity contribution in [1.82, 2.24) is 10.2 Å². The number of likely N-dealkylation sites (N-methyl/N-ethyl adjacent to an activating group) is 1. The SMILES string of the molecule is CC(C)[C@@H]1NC(=S)N(C)C1=O. The zero-order valence-corrected chi connectivity index (χ0v) is 7.73. The predicted molar refractivity (Wildman–Crippen MR) is 47.1 cm³/mol. The molecule has 3 nitrogen and oxygen atoms in total. The van der Waals surface area contributed by atoms with E-state index in [1.54, 1.807) is 7.05 Å². The summed E-state index contributed by atoms with van der Waals surface area (Å²) < 4.78 is 0. The second kappa shape index (κ2) is 2.77. The maximum Gasteiger partial charge on any atom is 0.251 e. The van der Waals surface area contributed by atoms with Gasteiger partial charge in [0.25, 0.3) is 5.91 Å². The molecule has 0 bridgehead atoms. The summed E-state index contributed by atoms with van der Waals surface area (Å²) in [5.74, 6) is 0.371. The van der Waals surface area contributed by atoms with Crippen molar-refractivity contribution in [3.63, 3.8) is 0 Å². The number of nitrogens with one attached hydrogen (secondary N) is 1. The minimum atomic E-state index is -0.118. The molecule has 1 fully saturated rings. The Morgan fingerprint density at radius 1 is 1.64 bits per heavy atom. The summed E-state index contributed by atoms with van der Waals surface area (Å²) in [6.07, 6.45) is 0. The van der Waals surface area contributed by atoms with Gasteiger partial charge in [0.1, 0.15) is 6.04 Å². The van der Waals surface area contributed by atoms with E-state index in [-0.39, 0.29) is 11.9 Å². The van der Waals surface area contributed by atoms with Gasteiger partial charge < -0.3 is 5.32 Å². The zero-order valence-electron chi connectivity index (χ0n) is 6.92. The minimum absolute atomic E-state index is 0.0741. The molecule has 0 saturated carbocycles. The van der Waals surface area contributed by atoms with Gasteiger partial charge >= 0.3 is 0 Å². The first-order valence-electron chi connectivity index (χ1n) is 3.62. The molecule has 0 unspecified atom stereocenters. The number of rotatable bonds is 1. The highest BCUT2D eigenvalue weighted by molar-refractivity contribution is 7.80. The van der Waals surface area contributed by atoms with E-state index in [0.717, 1.165) is 0 Å². The van der Waals surface area contributed by atoms with Gasteiger partial charge in [0.15, 0.2) is 5.11 Å². The lowest BCUT2D eigenvalue weighted by molar-refractivity contribution is -0.127. The van der Waals surface area contributed by atoms with Crippen LogP contribution in [0.1, 0.15) is 13.8 Å². The summed E-state index contributed by atoms with van der Waals surface area (Å²) in [5, 5.41) is 3.50. The molecule has 1 amide bonds. The molecule has 0 aromatic heterocycles. The first-order valence-corrected chi connectivity index (χ1v) is 4.03. The zero-order chi connectivity index (χ0) is 8.59. The number of amides is 1. The molecule has 0 aliphatic carbocycles. The average molecular weight is 172 g/mol. The van der Waals surface area contributed by atoms with Crippen molar-refractivity contribution in [2.45, 2.75) is 19.9 Å². The van der Waals surface area contributed by atoms with Crippen molar-refractivity contribution in [2.24, 2.45) is 5.92 Å². The van der Waals surface area contributed by atoms with Crippen molar-refractivity contribution >= 4 is 23.2 Å². The van der Waals surface area contributed by atoms with Crippen LogP contribution >= 0.6 is 12.2 Å². The third-order valence-electron chi connectivity index (χ3n) is 1.85. The number of carbonyl (C=O) groups is 1. The van der Waals surface area contributed by atoms with Gasteiger partial charge in [0, 0.05) is 7.05 Å². The van der Waals surface area contributed by atoms with Gasteiger partial charge in [-0.15, -0.1) is 0 Å². The van der Waals surface area contributed by atoms with E-state index in [0.29, 0.717) is 11.0 Å². The number of carbonyl (C=O) groups excluding carboxylic acids is 1. The molecule has 1 atom stereocenters. The molecule has 4 heteroatoms. The van der Waals surface area contributed by atoms with Crippen LogP contribution in [-0.2, 0) is 4.79 Å². The Morgan fingerprint density at radius 2 is 2.18 bits per heavy atom. The lowest BCUT2D eigenvalue weighted by atomic mass is 10.1. The Morgan fingerprint density at radius 3 is 2.36 bits per heavy atom. The summed E-state index contributed by atoms with van der Waals surface area (Å²) >= 11 is 4.91. The second-order valence-corrected chi connectivity index (χ2v) is 3.46. The summed E-state index contributed by atoms with van der Waals surface area (Å²) in [7, 11) is 1.69. The fraction of sp³-hybridized carbons (Fsp3) is 0.714. The van der Waals surface area contributed by atoms with Crippen LogP contribution in [0.3, 0.4) is 0 Å². The van der Waals surface area contributed by atoms with Crippen molar-refractivity contribution in [3.8, 4) is 0 Å². The number of thiocarbonyl (C=S) groups is 1. The van der Waals surface area contributed by atoms with Gasteiger partial charge in [-0.2, -0.15) is 0 Å². The molecule has 0 spiro atoms. The smallest absolute Gasteiger partial charge is 0.251 e. The van der Waals surface area contributed by atoms with Crippen molar-refractivity contribution in [3.05, 3.63) is 0 Å². The quantitative estimate of drug-likeness (QED) is 0.580. The van der Waals surface area contributed by atoms with Gasteiger partial charge in [0.2, 0.25) is 0 Å². The van der Waals surface area contributed by atoms with Crippen molar-refractivity contribution in [2.75, 3.05) is 7.05 Å². The van der Waals surface area contributed by atoms with E-state index in [1.165, 1.54) is 4.90 Å². The molecule has 1 N–H and O–H groups in total. The van der Waals surface area contributed by atoms with Crippen LogP contribution in [0, 0.1) is 5.92 Å². The molecule has 1 saturated heterocycles. The molecule has 0 aromatic rings. The maximum atomic E-state index is 11.3. The van der Waals surface area contributed by atoms with E-state index in [2.05, 4.69) is 5.32 Å². The molecule has 1 heterocycles. The van der Waals surface area contributed by atoms with E-state index < -0.39 is 0 Å². The Balaban J connectivity index is 2.75. The van der Waals surface area contributed by atoms with E-state index in [9.17, 15) is 4.79 Å². The Kier molecular flexibility index (Phi) is 2.13. The number of hydrogen-bond acceptors (Lipinski definition) is 2. The van der Waals surface area contributed by atoms with Gasteiger partial charge in [-0.25, -0.2) is 0 Å². The van der Waals surface area contributed by atoms with Crippen LogP contribution in [-0.4, -0.2) is 29.0 Å². The summed E-state index contributed by atoms with van der Waals surface area (Å²) in [6.45, 7) is 3.99. The highest BCUT2D eigenvalue weighted by Crippen LogP contribution is 2.11. The van der Waals surface area contributed by atoms with Gasteiger partial charge in [-0.1, -0.05) is 13.8 Å². The van der Waals surface area contributed by atoms with Crippen LogP contribution in [0.5, 0.6) is 0 Å². The molecule has 62 valence electrons. The highest BCUT2D eigenvalue weighted by atomic mass is 32.1. The fourth-order valence-corrected chi connectivity index (χ4v) is 1.27. The summed E-state index contributed by atoms with van der Waals surface area (Å²) in [6, 6.07) is -0.118. The molecular formula is C7H12N2OS. The first kappa shape index (κ1) is 8.46. The van der Waals surface area contributed by atoms with Crippen LogP contribution in [0.2, 0.25) is 0 Å². The standard InChI is InChI=1S/C7H12N2OS/c1-4(2)5-6(10)9(3)7(11)8-5/h4-5H,1-3H3,(H,8,11)/t5-/m0/s1. The van der Waals surface area contributed by atoms with Crippen LogP contribution in [0.4, 0.5) is 0 Å². The van der Waals surface area contributed by atoms with Gasteiger partial charge in [0.05, 0.1) is 0 Å². The van der Waals surface area contributed by atoms with E-state index in [4.69, 9.17) is 12.2 Å². The van der Waals surface area contributed by atoms with Crippen LogP contribution < -0.4 is 5.32 Å². The maximum absolute atomic E-state index is 11.3. The molecule has 1 aliphatic heterocycles. The third-order valence-corrected chi connectivity index (χ3v) is 2.24. The fourth-order valence-electron chi connectivity index (χ4n) is 1.05. The Hall–Kier alpha value is -0.640. The molecule has 0 aromatic carbocycles.